The first-order chi connectivity index (χ1) is 18.0. The van der Waals surface area contributed by atoms with Gasteiger partial charge in [0, 0.05) is 43.9 Å². The summed E-state index contributed by atoms with van der Waals surface area (Å²) in [6.07, 6.45) is 6.81. The molecule has 9 nitrogen and oxygen atoms in total. The van der Waals surface area contributed by atoms with Gasteiger partial charge in [-0.05, 0) is 68.8 Å². The molecule has 0 unspecified atom stereocenters. The average molecular weight is 511 g/mol. The lowest BCUT2D eigenvalue weighted by atomic mass is 10.1. The minimum absolute atomic E-state index is 0.379. The van der Waals surface area contributed by atoms with Gasteiger partial charge in [0.2, 0.25) is 0 Å². The van der Waals surface area contributed by atoms with E-state index >= 15 is 0 Å². The number of aromatic nitrogens is 3. The Morgan fingerprint density at radius 3 is 2.95 bits per heavy atom. The maximum absolute atomic E-state index is 13.6. The number of hydrogen-bond acceptors (Lipinski definition) is 8. The Balaban J connectivity index is 1.30. The number of rotatable bonds is 14. The quantitative estimate of drug-likeness (QED) is 0.279. The normalized spacial score (nSPS) is 13.8. The number of carboxylic acid groups (broad SMARTS) is 1. The molecule has 0 fully saturated rings. The molecule has 2 aromatic heterocycles. The van der Waals surface area contributed by atoms with E-state index in [0.29, 0.717) is 36.3 Å². The lowest BCUT2D eigenvalue weighted by Crippen LogP contribution is -2.37. The van der Waals surface area contributed by atoms with Crippen molar-refractivity contribution < 1.29 is 19.0 Å². The molecule has 0 saturated carbocycles. The molecule has 198 valence electrons. The summed E-state index contributed by atoms with van der Waals surface area (Å²) >= 11 is 0. The van der Waals surface area contributed by atoms with Crippen molar-refractivity contribution in [2.24, 2.45) is 0 Å². The Hall–Kier alpha value is -3.37. The molecular formula is C27H35FN6O3. The summed E-state index contributed by atoms with van der Waals surface area (Å²) in [5, 5.41) is 16.8. The Bertz CT molecular complexity index is 1190. The van der Waals surface area contributed by atoms with E-state index in [1.165, 1.54) is 24.0 Å². The number of anilines is 2. The van der Waals surface area contributed by atoms with E-state index in [1.54, 1.807) is 13.2 Å². The second-order valence-electron chi connectivity index (χ2n) is 9.34. The predicted octanol–water partition coefficient (Wildman–Crippen LogP) is 3.75. The maximum Gasteiger partial charge on any atom is 0.326 e. The molecule has 3 aromatic rings. The average Bonchev–Trinajstić information content (AvgIpc) is 2.90. The zero-order chi connectivity index (χ0) is 26.0. The van der Waals surface area contributed by atoms with E-state index in [4.69, 9.17) is 9.72 Å². The predicted molar refractivity (Wildman–Crippen MR) is 141 cm³/mol. The van der Waals surface area contributed by atoms with Crippen LogP contribution < -0.4 is 10.6 Å². The van der Waals surface area contributed by atoms with Gasteiger partial charge in [0.1, 0.15) is 29.8 Å². The van der Waals surface area contributed by atoms with Crippen LogP contribution in [0.1, 0.15) is 36.9 Å². The molecule has 0 spiro atoms. The molecule has 3 heterocycles. The number of pyridine rings is 1. The number of methoxy groups -OCH3 is 1. The molecule has 0 bridgehead atoms. The van der Waals surface area contributed by atoms with Crippen LogP contribution in [-0.4, -0.2) is 76.9 Å². The topological polar surface area (TPSA) is 113 Å². The molecule has 1 aromatic carbocycles. The van der Waals surface area contributed by atoms with E-state index in [1.807, 2.05) is 0 Å². The Kier molecular flexibility index (Phi) is 9.56. The molecule has 3 N–H and O–H groups in total. The summed E-state index contributed by atoms with van der Waals surface area (Å²) in [7, 11) is 1.67. The lowest BCUT2D eigenvalue weighted by molar-refractivity contribution is -0.138. The van der Waals surface area contributed by atoms with Crippen molar-refractivity contribution in [3.63, 3.8) is 0 Å². The summed E-state index contributed by atoms with van der Waals surface area (Å²) in [4.78, 5) is 27.3. The van der Waals surface area contributed by atoms with Gasteiger partial charge in [-0.1, -0.05) is 6.07 Å². The third kappa shape index (κ3) is 7.56. The second-order valence-corrected chi connectivity index (χ2v) is 9.34. The smallest absolute Gasteiger partial charge is 0.326 e. The third-order valence-corrected chi connectivity index (χ3v) is 6.66. The molecule has 1 aliphatic heterocycles. The highest BCUT2D eigenvalue weighted by molar-refractivity contribution is 5.90. The van der Waals surface area contributed by atoms with Crippen LogP contribution in [0.5, 0.6) is 0 Å². The zero-order valence-corrected chi connectivity index (χ0v) is 21.3. The minimum atomic E-state index is -0.965. The standard InChI is InChI=1S/C27H35FN6O3/c1-37-16-15-34(13-3-2-6-21-9-7-19-5-4-12-29-25(19)32-21)14-11-23(27(35)36)33-26-22-10-8-20(28)17-24(22)30-18-31-26/h7-10,17-18,23H,2-6,11-16H2,1H3,(H,29,32)(H,35,36)(H,30,31,33)/t23-/m0/s1. The lowest BCUT2D eigenvalue weighted by Gasteiger charge is -2.24. The van der Waals surface area contributed by atoms with Gasteiger partial charge in [0.15, 0.2) is 0 Å². The zero-order valence-electron chi connectivity index (χ0n) is 21.3. The number of nitrogens with zero attached hydrogens (tertiary/aromatic N) is 4. The Morgan fingerprint density at radius 1 is 1.22 bits per heavy atom. The molecule has 1 atom stereocenters. The molecule has 0 amide bonds. The summed E-state index contributed by atoms with van der Waals surface area (Å²) < 4.78 is 18.8. The van der Waals surface area contributed by atoms with Crippen molar-refractivity contribution in [2.75, 3.05) is 50.5 Å². The molecule has 37 heavy (non-hydrogen) atoms. The summed E-state index contributed by atoms with van der Waals surface area (Å²) in [6, 6.07) is 7.65. The van der Waals surface area contributed by atoms with E-state index in [9.17, 15) is 14.3 Å². The molecule has 10 heteroatoms. The Labute approximate surface area is 216 Å². The number of ether oxygens (including phenoxy) is 1. The van der Waals surface area contributed by atoms with Crippen LogP contribution in [-0.2, 0) is 22.4 Å². The number of fused-ring (bicyclic) bond motifs is 2. The number of aliphatic carboxylic acids is 1. The van der Waals surface area contributed by atoms with Crippen molar-refractivity contribution in [1.82, 2.24) is 19.9 Å². The van der Waals surface area contributed by atoms with Crippen LogP contribution >= 0.6 is 0 Å². The van der Waals surface area contributed by atoms with Gasteiger partial charge in [-0.15, -0.1) is 0 Å². The van der Waals surface area contributed by atoms with Crippen LogP contribution in [0.25, 0.3) is 10.9 Å². The van der Waals surface area contributed by atoms with Crippen molar-refractivity contribution in [3.05, 3.63) is 53.7 Å². The van der Waals surface area contributed by atoms with E-state index in [-0.39, 0.29) is 0 Å². The van der Waals surface area contributed by atoms with Crippen molar-refractivity contribution in [3.8, 4) is 0 Å². The minimum Gasteiger partial charge on any atom is -0.480 e. The van der Waals surface area contributed by atoms with Gasteiger partial charge in [0.25, 0.3) is 0 Å². The number of hydrogen-bond donors (Lipinski definition) is 3. The van der Waals surface area contributed by atoms with E-state index in [2.05, 4.69) is 37.6 Å². The molecular weight excluding hydrogens is 475 g/mol. The molecule has 1 aliphatic rings. The number of nitrogens with one attached hydrogen (secondary N) is 2. The first kappa shape index (κ1) is 26.7. The highest BCUT2D eigenvalue weighted by Crippen LogP contribution is 2.22. The SMILES string of the molecule is COCCN(CCCCc1ccc2c(n1)NCCC2)CC[C@H](Nc1ncnc2cc(F)ccc12)C(=O)O. The van der Waals surface area contributed by atoms with Crippen LogP contribution in [0.3, 0.4) is 0 Å². The fraction of sp³-hybridized carbons (Fsp3) is 0.481. The van der Waals surface area contributed by atoms with Gasteiger partial charge < -0.3 is 25.4 Å². The van der Waals surface area contributed by atoms with Gasteiger partial charge in [-0.3, -0.25) is 0 Å². The van der Waals surface area contributed by atoms with E-state index < -0.39 is 17.8 Å². The van der Waals surface area contributed by atoms with Crippen LogP contribution in [0, 0.1) is 5.82 Å². The highest BCUT2D eigenvalue weighted by atomic mass is 19.1. The first-order valence-electron chi connectivity index (χ1n) is 12.9. The highest BCUT2D eigenvalue weighted by Gasteiger charge is 2.20. The number of carbonyl (C=O) groups is 1. The summed E-state index contributed by atoms with van der Waals surface area (Å²) in [6.45, 7) is 3.71. The number of carboxylic acids is 1. The molecule has 0 saturated heterocycles. The number of unbranched alkanes of at least 4 members (excludes halogenated alkanes) is 1. The fourth-order valence-electron chi connectivity index (χ4n) is 4.58. The largest absolute Gasteiger partial charge is 0.480 e. The second kappa shape index (κ2) is 13.3. The van der Waals surface area contributed by atoms with Gasteiger partial charge >= 0.3 is 5.97 Å². The summed E-state index contributed by atoms with van der Waals surface area (Å²) in [5.74, 6) is 0.0413. The number of benzene rings is 1. The molecule has 4 rings (SSSR count). The first-order valence-corrected chi connectivity index (χ1v) is 12.9. The number of halogens is 1. The van der Waals surface area contributed by atoms with E-state index in [0.717, 1.165) is 63.3 Å². The monoisotopic (exact) mass is 510 g/mol. The van der Waals surface area contributed by atoms with Crippen molar-refractivity contribution >= 4 is 28.5 Å². The van der Waals surface area contributed by atoms with Crippen LogP contribution in [0.15, 0.2) is 36.7 Å². The number of aryl methyl sites for hydroxylation is 2. The van der Waals surface area contributed by atoms with Gasteiger partial charge in [-0.2, -0.15) is 0 Å². The third-order valence-electron chi connectivity index (χ3n) is 6.66. The van der Waals surface area contributed by atoms with Gasteiger partial charge in [-0.25, -0.2) is 24.1 Å². The van der Waals surface area contributed by atoms with Crippen molar-refractivity contribution in [2.45, 2.75) is 44.6 Å². The maximum atomic E-state index is 13.6. The molecule has 0 radical (unpaired) electrons. The fourth-order valence-corrected chi connectivity index (χ4v) is 4.58. The van der Waals surface area contributed by atoms with Crippen LogP contribution in [0.4, 0.5) is 16.0 Å². The summed E-state index contributed by atoms with van der Waals surface area (Å²) in [5.41, 5.74) is 2.82. The van der Waals surface area contributed by atoms with Crippen LogP contribution in [0.2, 0.25) is 0 Å². The van der Waals surface area contributed by atoms with Crippen molar-refractivity contribution in [1.29, 1.82) is 0 Å². The molecule has 0 aliphatic carbocycles. The Morgan fingerprint density at radius 2 is 2.11 bits per heavy atom. The van der Waals surface area contributed by atoms with Gasteiger partial charge in [0.05, 0.1) is 12.1 Å².